The van der Waals surface area contributed by atoms with Crippen LogP contribution in [-0.4, -0.2) is 27.7 Å². The number of carbonyl (C=O) groups is 1. The Balaban J connectivity index is 1.87. The van der Waals surface area contributed by atoms with Crippen LogP contribution in [0.25, 0.3) is 11.5 Å². The summed E-state index contributed by atoms with van der Waals surface area (Å²) in [6, 6.07) is 5.44. The average molecular weight is 273 g/mol. The third-order valence-electron chi connectivity index (χ3n) is 2.38. The molecule has 2 aromatic heterocycles. The molecule has 6 heteroatoms. The third-order valence-corrected chi connectivity index (χ3v) is 2.38. The highest BCUT2D eigenvalue weighted by molar-refractivity contribution is 5.69. The van der Waals surface area contributed by atoms with Gasteiger partial charge in [-0.25, -0.2) is 0 Å². The Morgan fingerprint density at radius 3 is 3.00 bits per heavy atom. The molecule has 20 heavy (non-hydrogen) atoms. The molecule has 0 unspecified atom stereocenters. The fourth-order valence-corrected chi connectivity index (χ4v) is 1.44. The van der Waals surface area contributed by atoms with Crippen molar-refractivity contribution >= 4 is 5.97 Å². The van der Waals surface area contributed by atoms with Crippen molar-refractivity contribution in [2.75, 3.05) is 6.61 Å². The predicted molar refractivity (Wildman–Crippen MR) is 71.6 cm³/mol. The molecule has 0 aliphatic rings. The van der Waals surface area contributed by atoms with E-state index in [-0.39, 0.29) is 19.0 Å². The molecule has 0 bridgehead atoms. The molecule has 2 aromatic rings. The molecule has 6 nitrogen and oxygen atoms in total. The fraction of sp³-hybridized carbons (Fsp3) is 0.286. The van der Waals surface area contributed by atoms with Crippen LogP contribution < -0.4 is 0 Å². The number of esters is 1. The molecule has 0 atom stereocenters. The number of hydrogen-bond acceptors (Lipinski definition) is 6. The largest absolute Gasteiger partial charge is 0.461 e. The molecule has 0 aliphatic heterocycles. The van der Waals surface area contributed by atoms with E-state index in [1.807, 2.05) is 12.1 Å². The van der Waals surface area contributed by atoms with Gasteiger partial charge in [0.25, 0.3) is 0 Å². The first-order valence-electron chi connectivity index (χ1n) is 6.19. The summed E-state index contributed by atoms with van der Waals surface area (Å²) in [5, 5.41) is 3.82. The number of aromatic nitrogens is 3. The minimum atomic E-state index is -0.314. The minimum absolute atomic E-state index is 0.192. The molecular weight excluding hydrogens is 258 g/mol. The smallest absolute Gasteiger partial charge is 0.306 e. The van der Waals surface area contributed by atoms with E-state index in [1.54, 1.807) is 19.2 Å². The van der Waals surface area contributed by atoms with Crippen molar-refractivity contribution in [3.05, 3.63) is 42.4 Å². The zero-order valence-corrected chi connectivity index (χ0v) is 11.2. The van der Waals surface area contributed by atoms with Gasteiger partial charge in [0.05, 0.1) is 6.42 Å². The lowest BCUT2D eigenvalue weighted by Crippen LogP contribution is -2.07. The molecule has 0 aromatic carbocycles. The lowest BCUT2D eigenvalue weighted by molar-refractivity contribution is -0.142. The summed E-state index contributed by atoms with van der Waals surface area (Å²) >= 11 is 0. The fourth-order valence-electron chi connectivity index (χ4n) is 1.44. The standard InChI is InChI=1S/C14H15N3O3/c1-10(2)9-19-13(18)7-6-12-16-14(17-20-12)11-5-3-4-8-15-11/h3-5,8H,1,6-7,9H2,2H3. The molecular formula is C14H15N3O3. The maximum Gasteiger partial charge on any atom is 0.306 e. The predicted octanol–water partition coefficient (Wildman–Crippen LogP) is 2.18. The molecule has 104 valence electrons. The average Bonchev–Trinajstić information content (AvgIpc) is 2.93. The maximum absolute atomic E-state index is 11.4. The summed E-state index contributed by atoms with van der Waals surface area (Å²) in [5.74, 6) is 0.486. The Morgan fingerprint density at radius 2 is 2.30 bits per heavy atom. The number of nitrogens with zero attached hydrogens (tertiary/aromatic N) is 3. The molecule has 0 N–H and O–H groups in total. The van der Waals surface area contributed by atoms with Crippen LogP contribution in [-0.2, 0) is 16.0 Å². The van der Waals surface area contributed by atoms with E-state index in [4.69, 9.17) is 9.26 Å². The van der Waals surface area contributed by atoms with Crippen LogP contribution in [0.4, 0.5) is 0 Å². The Kier molecular flexibility index (Phi) is 4.60. The number of rotatable bonds is 6. The van der Waals surface area contributed by atoms with Crippen molar-refractivity contribution in [2.45, 2.75) is 19.8 Å². The van der Waals surface area contributed by atoms with Crippen LogP contribution in [0, 0.1) is 0 Å². The summed E-state index contributed by atoms with van der Waals surface area (Å²) in [4.78, 5) is 19.7. The molecule has 2 heterocycles. The van der Waals surface area contributed by atoms with E-state index in [9.17, 15) is 4.79 Å². The Hall–Kier alpha value is -2.50. The highest BCUT2D eigenvalue weighted by Gasteiger charge is 2.11. The van der Waals surface area contributed by atoms with Crippen molar-refractivity contribution in [2.24, 2.45) is 0 Å². The van der Waals surface area contributed by atoms with Gasteiger partial charge >= 0.3 is 5.97 Å². The van der Waals surface area contributed by atoms with Gasteiger partial charge in [-0.1, -0.05) is 17.8 Å². The Bertz CT molecular complexity index is 593. The van der Waals surface area contributed by atoms with E-state index < -0.39 is 0 Å². The van der Waals surface area contributed by atoms with Crippen molar-refractivity contribution in [1.82, 2.24) is 15.1 Å². The van der Waals surface area contributed by atoms with Crippen LogP contribution in [0.15, 0.2) is 41.1 Å². The van der Waals surface area contributed by atoms with E-state index in [0.29, 0.717) is 23.8 Å². The quantitative estimate of drug-likeness (QED) is 0.593. The van der Waals surface area contributed by atoms with Gasteiger partial charge in [-0.15, -0.1) is 0 Å². The van der Waals surface area contributed by atoms with E-state index in [2.05, 4.69) is 21.7 Å². The van der Waals surface area contributed by atoms with Gasteiger partial charge < -0.3 is 9.26 Å². The van der Waals surface area contributed by atoms with Gasteiger partial charge in [-0.2, -0.15) is 4.98 Å². The highest BCUT2D eigenvalue weighted by Crippen LogP contribution is 2.12. The monoisotopic (exact) mass is 273 g/mol. The maximum atomic E-state index is 11.4. The second-order valence-corrected chi connectivity index (χ2v) is 4.34. The highest BCUT2D eigenvalue weighted by atomic mass is 16.5. The molecule has 0 amide bonds. The van der Waals surface area contributed by atoms with Crippen molar-refractivity contribution < 1.29 is 14.1 Å². The summed E-state index contributed by atoms with van der Waals surface area (Å²) < 4.78 is 10.0. The van der Waals surface area contributed by atoms with Gasteiger partial charge in [0.2, 0.25) is 11.7 Å². The molecule has 0 radical (unpaired) electrons. The number of hydrogen-bond donors (Lipinski definition) is 0. The van der Waals surface area contributed by atoms with E-state index in [1.165, 1.54) is 0 Å². The first-order valence-corrected chi connectivity index (χ1v) is 6.19. The molecule has 0 fully saturated rings. The molecule has 0 saturated carbocycles. The van der Waals surface area contributed by atoms with Crippen LogP contribution in [0.1, 0.15) is 19.2 Å². The Morgan fingerprint density at radius 1 is 1.45 bits per heavy atom. The van der Waals surface area contributed by atoms with Gasteiger partial charge in [0, 0.05) is 12.6 Å². The molecule has 2 rings (SSSR count). The second kappa shape index (κ2) is 6.60. The summed E-state index contributed by atoms with van der Waals surface area (Å²) in [7, 11) is 0. The summed E-state index contributed by atoms with van der Waals surface area (Å²) in [6.07, 6.45) is 2.19. The summed E-state index contributed by atoms with van der Waals surface area (Å²) in [6.45, 7) is 5.69. The molecule has 0 saturated heterocycles. The van der Waals surface area contributed by atoms with Crippen LogP contribution >= 0.6 is 0 Å². The molecule has 0 aliphatic carbocycles. The summed E-state index contributed by atoms with van der Waals surface area (Å²) in [5.41, 5.74) is 1.43. The lowest BCUT2D eigenvalue weighted by Gasteiger charge is -2.02. The zero-order valence-electron chi connectivity index (χ0n) is 11.2. The molecule has 0 spiro atoms. The van der Waals surface area contributed by atoms with Crippen molar-refractivity contribution in [3.8, 4) is 11.5 Å². The third kappa shape index (κ3) is 4.01. The van der Waals surface area contributed by atoms with E-state index >= 15 is 0 Å². The number of ether oxygens (including phenoxy) is 1. The SMILES string of the molecule is C=C(C)COC(=O)CCc1nc(-c2ccccn2)no1. The normalized spacial score (nSPS) is 10.2. The van der Waals surface area contributed by atoms with Gasteiger partial charge in [-0.3, -0.25) is 9.78 Å². The van der Waals surface area contributed by atoms with Gasteiger partial charge in [0.1, 0.15) is 12.3 Å². The first kappa shape index (κ1) is 13.9. The second-order valence-electron chi connectivity index (χ2n) is 4.34. The lowest BCUT2D eigenvalue weighted by atomic mass is 10.3. The minimum Gasteiger partial charge on any atom is -0.461 e. The van der Waals surface area contributed by atoms with Crippen LogP contribution in [0.5, 0.6) is 0 Å². The van der Waals surface area contributed by atoms with Gasteiger partial charge in [0.15, 0.2) is 0 Å². The topological polar surface area (TPSA) is 78.1 Å². The first-order chi connectivity index (χ1) is 9.65. The van der Waals surface area contributed by atoms with E-state index in [0.717, 1.165) is 5.57 Å². The van der Waals surface area contributed by atoms with Crippen LogP contribution in [0.2, 0.25) is 0 Å². The zero-order chi connectivity index (χ0) is 14.4. The number of aryl methyl sites for hydroxylation is 1. The van der Waals surface area contributed by atoms with Gasteiger partial charge in [-0.05, 0) is 24.6 Å². The Labute approximate surface area is 116 Å². The number of carbonyl (C=O) groups excluding carboxylic acids is 1. The number of pyridine rings is 1. The van der Waals surface area contributed by atoms with Crippen molar-refractivity contribution in [1.29, 1.82) is 0 Å². The van der Waals surface area contributed by atoms with Crippen molar-refractivity contribution in [3.63, 3.8) is 0 Å². The van der Waals surface area contributed by atoms with Crippen LogP contribution in [0.3, 0.4) is 0 Å².